The zero-order valence-corrected chi connectivity index (χ0v) is 10.3. The van der Waals surface area contributed by atoms with Crippen LogP contribution in [0.2, 0.25) is 0 Å². The number of carbonyl (C=O) groups is 1. The lowest BCUT2D eigenvalue weighted by molar-refractivity contribution is 0.0703. The molecule has 1 aromatic heterocycles. The number of carbonyl (C=O) groups excluding carboxylic acids is 1. The number of imidazole rings is 1. The Balaban J connectivity index is 0.00000128. The van der Waals surface area contributed by atoms with E-state index >= 15 is 0 Å². The van der Waals surface area contributed by atoms with Crippen LogP contribution in [0, 0.1) is 0 Å². The van der Waals surface area contributed by atoms with Crippen molar-refractivity contribution in [2.24, 2.45) is 7.05 Å². The number of nitrogens with zero attached hydrogens (tertiary/aromatic N) is 3. The second-order valence-corrected chi connectivity index (χ2v) is 4.03. The van der Waals surface area contributed by atoms with Crippen LogP contribution in [0.5, 0.6) is 0 Å². The highest BCUT2D eigenvalue weighted by Gasteiger charge is 2.22. The monoisotopic (exact) mass is 244 g/mol. The first-order chi connectivity index (χ1) is 7.16. The molecule has 2 heterocycles. The molecule has 0 spiro atoms. The average Bonchev–Trinajstić information content (AvgIpc) is 2.64. The lowest BCUT2D eigenvalue weighted by Gasteiger charge is -2.31. The second kappa shape index (κ2) is 5.32. The summed E-state index contributed by atoms with van der Waals surface area (Å²) in [5.41, 5.74) is 0.534. The molecule has 16 heavy (non-hydrogen) atoms. The van der Waals surface area contributed by atoms with Crippen LogP contribution in [0.25, 0.3) is 0 Å². The summed E-state index contributed by atoms with van der Waals surface area (Å²) in [5, 5.41) is 3.30. The number of aryl methyl sites for hydroxylation is 1. The number of hydrogen-bond acceptors (Lipinski definition) is 3. The van der Waals surface area contributed by atoms with E-state index in [1.807, 2.05) is 11.9 Å². The highest BCUT2D eigenvalue weighted by Crippen LogP contribution is 2.05. The van der Waals surface area contributed by atoms with Crippen LogP contribution in [0.1, 0.15) is 17.4 Å². The van der Waals surface area contributed by atoms with E-state index < -0.39 is 0 Å². The topological polar surface area (TPSA) is 50.2 Å². The van der Waals surface area contributed by atoms with Crippen molar-refractivity contribution < 1.29 is 4.79 Å². The van der Waals surface area contributed by atoms with E-state index in [0.29, 0.717) is 11.7 Å². The van der Waals surface area contributed by atoms with E-state index in [1.165, 1.54) is 0 Å². The highest BCUT2D eigenvalue weighted by molar-refractivity contribution is 5.92. The third-order valence-corrected chi connectivity index (χ3v) is 2.58. The summed E-state index contributed by atoms with van der Waals surface area (Å²) in [5.74, 6) is 0.0314. The van der Waals surface area contributed by atoms with Crippen LogP contribution in [-0.4, -0.2) is 46.0 Å². The van der Waals surface area contributed by atoms with Crippen molar-refractivity contribution in [3.05, 3.63) is 18.2 Å². The molecule has 1 amide bonds. The molecule has 1 fully saturated rings. The standard InChI is InChI=1S/C10H16N4O.ClH/c1-8-5-14(4-3-11-8)10(15)9-6-13(2)7-12-9;/h6-8,11H,3-5H2,1-2H3;1H. The molecular formula is C10H17ClN4O. The summed E-state index contributed by atoms with van der Waals surface area (Å²) in [6.07, 6.45) is 3.41. The molecule has 0 aliphatic carbocycles. The highest BCUT2D eigenvalue weighted by atomic mass is 35.5. The Morgan fingerprint density at radius 3 is 2.94 bits per heavy atom. The molecule has 0 radical (unpaired) electrons. The summed E-state index contributed by atoms with van der Waals surface area (Å²) in [4.78, 5) is 17.9. The van der Waals surface area contributed by atoms with E-state index in [1.54, 1.807) is 17.1 Å². The third-order valence-electron chi connectivity index (χ3n) is 2.58. The van der Waals surface area contributed by atoms with Crippen molar-refractivity contribution in [1.29, 1.82) is 0 Å². The zero-order chi connectivity index (χ0) is 10.8. The maximum absolute atomic E-state index is 12.0. The number of nitrogens with one attached hydrogen (secondary N) is 1. The number of hydrogen-bond donors (Lipinski definition) is 1. The maximum atomic E-state index is 12.0. The van der Waals surface area contributed by atoms with Gasteiger partial charge in [0.25, 0.3) is 5.91 Å². The predicted octanol–water partition coefficient (Wildman–Crippen LogP) is 0.276. The molecular weight excluding hydrogens is 228 g/mol. The molecule has 1 N–H and O–H groups in total. The van der Waals surface area contributed by atoms with Crippen molar-refractivity contribution in [2.75, 3.05) is 19.6 Å². The second-order valence-electron chi connectivity index (χ2n) is 4.03. The Morgan fingerprint density at radius 1 is 1.62 bits per heavy atom. The number of piperazine rings is 1. The smallest absolute Gasteiger partial charge is 0.274 e. The lowest BCUT2D eigenvalue weighted by atomic mass is 10.2. The molecule has 1 atom stereocenters. The third kappa shape index (κ3) is 2.74. The Labute approximate surface area is 101 Å². The lowest BCUT2D eigenvalue weighted by Crippen LogP contribution is -2.51. The van der Waals surface area contributed by atoms with Gasteiger partial charge in [-0.2, -0.15) is 0 Å². The van der Waals surface area contributed by atoms with Gasteiger partial charge < -0.3 is 14.8 Å². The Morgan fingerprint density at radius 2 is 2.38 bits per heavy atom. The van der Waals surface area contributed by atoms with Gasteiger partial charge in [-0.3, -0.25) is 4.79 Å². The number of halogens is 1. The molecule has 1 unspecified atom stereocenters. The quantitative estimate of drug-likeness (QED) is 0.772. The van der Waals surface area contributed by atoms with Gasteiger partial charge in [-0.05, 0) is 6.92 Å². The number of aromatic nitrogens is 2. The van der Waals surface area contributed by atoms with Crippen LogP contribution in [0.15, 0.2) is 12.5 Å². The minimum Gasteiger partial charge on any atom is -0.340 e. The van der Waals surface area contributed by atoms with Gasteiger partial charge in [0.1, 0.15) is 5.69 Å². The molecule has 90 valence electrons. The number of rotatable bonds is 1. The zero-order valence-electron chi connectivity index (χ0n) is 9.51. The summed E-state index contributed by atoms with van der Waals surface area (Å²) in [6, 6.07) is 0.367. The fourth-order valence-electron chi connectivity index (χ4n) is 1.80. The van der Waals surface area contributed by atoms with E-state index in [4.69, 9.17) is 0 Å². The molecule has 0 bridgehead atoms. The van der Waals surface area contributed by atoms with Crippen LogP contribution >= 0.6 is 12.4 Å². The van der Waals surface area contributed by atoms with Crippen LogP contribution in [0.3, 0.4) is 0 Å². The van der Waals surface area contributed by atoms with Gasteiger partial charge in [-0.15, -0.1) is 12.4 Å². The molecule has 5 nitrogen and oxygen atoms in total. The Bertz CT molecular complexity index is 365. The minimum absolute atomic E-state index is 0. The summed E-state index contributed by atoms with van der Waals surface area (Å²) in [6.45, 7) is 4.47. The fourth-order valence-corrected chi connectivity index (χ4v) is 1.80. The van der Waals surface area contributed by atoms with E-state index in [2.05, 4.69) is 17.2 Å². The van der Waals surface area contributed by atoms with Crippen molar-refractivity contribution >= 4 is 18.3 Å². The van der Waals surface area contributed by atoms with Crippen molar-refractivity contribution in [2.45, 2.75) is 13.0 Å². The summed E-state index contributed by atoms with van der Waals surface area (Å²) >= 11 is 0. The predicted molar refractivity (Wildman–Crippen MR) is 63.8 cm³/mol. The first kappa shape index (κ1) is 13.0. The Kier molecular flexibility index (Phi) is 4.32. The van der Waals surface area contributed by atoms with Gasteiger partial charge in [0, 0.05) is 38.9 Å². The van der Waals surface area contributed by atoms with E-state index in [9.17, 15) is 4.79 Å². The summed E-state index contributed by atoms with van der Waals surface area (Å²) < 4.78 is 1.79. The SMILES string of the molecule is CC1CN(C(=O)c2cn(C)cn2)CCN1.Cl. The molecule has 1 aliphatic rings. The number of amides is 1. The minimum atomic E-state index is 0. The molecule has 1 aliphatic heterocycles. The molecule has 0 aromatic carbocycles. The molecule has 2 rings (SSSR count). The molecule has 1 saturated heterocycles. The van der Waals surface area contributed by atoms with Crippen molar-refractivity contribution in [3.63, 3.8) is 0 Å². The van der Waals surface area contributed by atoms with Gasteiger partial charge in [0.15, 0.2) is 0 Å². The van der Waals surface area contributed by atoms with Crippen LogP contribution < -0.4 is 5.32 Å². The first-order valence-corrected chi connectivity index (χ1v) is 5.17. The van der Waals surface area contributed by atoms with Gasteiger partial charge in [0.05, 0.1) is 6.33 Å². The molecule has 0 saturated carbocycles. The van der Waals surface area contributed by atoms with E-state index in [-0.39, 0.29) is 18.3 Å². The van der Waals surface area contributed by atoms with Crippen molar-refractivity contribution in [1.82, 2.24) is 19.8 Å². The molecule has 1 aromatic rings. The fraction of sp³-hybridized carbons (Fsp3) is 0.600. The summed E-state index contributed by atoms with van der Waals surface area (Å²) in [7, 11) is 1.87. The van der Waals surface area contributed by atoms with Crippen molar-refractivity contribution in [3.8, 4) is 0 Å². The van der Waals surface area contributed by atoms with Gasteiger partial charge in [-0.25, -0.2) is 4.98 Å². The first-order valence-electron chi connectivity index (χ1n) is 5.17. The van der Waals surface area contributed by atoms with Gasteiger partial charge in [0.2, 0.25) is 0 Å². The molecule has 6 heteroatoms. The van der Waals surface area contributed by atoms with E-state index in [0.717, 1.165) is 19.6 Å². The van der Waals surface area contributed by atoms with Gasteiger partial charge in [-0.1, -0.05) is 0 Å². The maximum Gasteiger partial charge on any atom is 0.274 e. The Hall–Kier alpha value is -1.07. The van der Waals surface area contributed by atoms with Crippen LogP contribution in [0.4, 0.5) is 0 Å². The average molecular weight is 245 g/mol. The largest absolute Gasteiger partial charge is 0.340 e. The normalized spacial score (nSPS) is 20.4. The van der Waals surface area contributed by atoms with Crippen LogP contribution in [-0.2, 0) is 7.05 Å². The van der Waals surface area contributed by atoms with Gasteiger partial charge >= 0.3 is 0 Å².